The molecule has 1 spiro atoms. The van der Waals surface area contributed by atoms with Crippen molar-refractivity contribution in [3.05, 3.63) is 23.3 Å². The predicted octanol–water partition coefficient (Wildman–Crippen LogP) is 3.45. The van der Waals surface area contributed by atoms with Crippen molar-refractivity contribution < 1.29 is 14.3 Å². The summed E-state index contributed by atoms with van der Waals surface area (Å²) in [4.78, 5) is 14.8. The first-order valence-electron chi connectivity index (χ1n) is 11.0. The number of hydrogen-bond donors (Lipinski definition) is 1. The Morgan fingerprint density at radius 3 is 2.89 bits per heavy atom. The zero-order valence-corrected chi connectivity index (χ0v) is 18.1. The van der Waals surface area contributed by atoms with Gasteiger partial charge < -0.3 is 19.7 Å². The SMILES string of the molecule is CC(C)=CCOC(C)C1C/C(=C\C(=O)NCCC2CCCN2C)CCC12CO2. The molecule has 5 nitrogen and oxygen atoms in total. The van der Waals surface area contributed by atoms with Gasteiger partial charge in [0.25, 0.3) is 0 Å². The van der Waals surface area contributed by atoms with E-state index in [1.165, 1.54) is 30.5 Å². The highest BCUT2D eigenvalue weighted by atomic mass is 16.6. The van der Waals surface area contributed by atoms with Crippen molar-refractivity contribution in [2.24, 2.45) is 5.92 Å². The van der Waals surface area contributed by atoms with Crippen molar-refractivity contribution in [1.82, 2.24) is 10.2 Å². The van der Waals surface area contributed by atoms with E-state index in [0.717, 1.165) is 38.8 Å². The molecule has 3 fully saturated rings. The van der Waals surface area contributed by atoms with Crippen LogP contribution in [0.1, 0.15) is 59.3 Å². The van der Waals surface area contributed by atoms with E-state index in [1.807, 2.05) is 6.08 Å². The molecule has 0 radical (unpaired) electrons. The maximum atomic E-state index is 12.4. The molecule has 0 aromatic rings. The molecule has 4 unspecified atom stereocenters. The number of hydrogen-bond acceptors (Lipinski definition) is 4. The Kier molecular flexibility index (Phi) is 7.35. The standard InChI is InChI=1S/C23H38N2O3/c1-17(2)9-13-27-18(3)21-14-19(7-10-23(21)16-28-23)15-22(26)24-11-8-20-6-5-12-25(20)4/h9,15,18,20-21H,5-8,10-14,16H2,1-4H3,(H,24,26)/b19-15-. The number of epoxide rings is 1. The molecule has 1 amide bonds. The molecule has 3 rings (SSSR count). The third-order valence-electron chi connectivity index (χ3n) is 6.74. The number of amides is 1. The number of carbonyl (C=O) groups is 1. The van der Waals surface area contributed by atoms with Crippen LogP contribution in [0.2, 0.25) is 0 Å². The first-order valence-corrected chi connectivity index (χ1v) is 11.0. The van der Waals surface area contributed by atoms with E-state index in [4.69, 9.17) is 9.47 Å². The Morgan fingerprint density at radius 1 is 1.46 bits per heavy atom. The Bertz CT molecular complexity index is 605. The summed E-state index contributed by atoms with van der Waals surface area (Å²) < 4.78 is 11.9. The second-order valence-corrected chi connectivity index (χ2v) is 9.14. The van der Waals surface area contributed by atoms with Crippen LogP contribution in [0.15, 0.2) is 23.3 Å². The van der Waals surface area contributed by atoms with Crippen molar-refractivity contribution >= 4 is 5.91 Å². The Morgan fingerprint density at radius 2 is 2.25 bits per heavy atom. The fraction of sp³-hybridized carbons (Fsp3) is 0.783. The van der Waals surface area contributed by atoms with Gasteiger partial charge in [0.15, 0.2) is 0 Å². The summed E-state index contributed by atoms with van der Waals surface area (Å²) in [5, 5.41) is 3.09. The summed E-state index contributed by atoms with van der Waals surface area (Å²) in [5.74, 6) is 0.387. The second kappa shape index (κ2) is 9.55. The average Bonchev–Trinajstić information content (AvgIpc) is 3.30. The lowest BCUT2D eigenvalue weighted by molar-refractivity contribution is -0.116. The number of allylic oxidation sites excluding steroid dienone is 2. The number of ether oxygens (including phenoxy) is 2. The average molecular weight is 391 g/mol. The normalized spacial score (nSPS) is 32.5. The van der Waals surface area contributed by atoms with Gasteiger partial charge in [0.1, 0.15) is 0 Å². The van der Waals surface area contributed by atoms with Gasteiger partial charge in [-0.3, -0.25) is 4.79 Å². The van der Waals surface area contributed by atoms with Crippen LogP contribution in [-0.4, -0.2) is 61.9 Å². The largest absolute Gasteiger partial charge is 0.374 e. The van der Waals surface area contributed by atoms with E-state index in [-0.39, 0.29) is 17.6 Å². The van der Waals surface area contributed by atoms with E-state index < -0.39 is 0 Å². The van der Waals surface area contributed by atoms with Crippen LogP contribution in [0.5, 0.6) is 0 Å². The smallest absolute Gasteiger partial charge is 0.243 e. The minimum Gasteiger partial charge on any atom is -0.374 e. The summed E-state index contributed by atoms with van der Waals surface area (Å²) in [6, 6.07) is 0.623. The van der Waals surface area contributed by atoms with E-state index in [2.05, 4.69) is 44.1 Å². The predicted molar refractivity (Wildman–Crippen MR) is 112 cm³/mol. The van der Waals surface area contributed by atoms with Gasteiger partial charge in [-0.1, -0.05) is 17.2 Å². The fourth-order valence-electron chi connectivity index (χ4n) is 4.73. The maximum absolute atomic E-state index is 12.4. The molecule has 2 heterocycles. The monoisotopic (exact) mass is 390 g/mol. The number of likely N-dealkylation sites (tertiary alicyclic amines) is 1. The minimum atomic E-state index is -0.00867. The third-order valence-corrected chi connectivity index (χ3v) is 6.74. The summed E-state index contributed by atoms with van der Waals surface area (Å²) in [6.45, 7) is 9.74. The summed E-state index contributed by atoms with van der Waals surface area (Å²) >= 11 is 0. The Balaban J connectivity index is 1.48. The summed E-state index contributed by atoms with van der Waals surface area (Å²) in [5.41, 5.74) is 2.50. The van der Waals surface area contributed by atoms with Gasteiger partial charge in [0.2, 0.25) is 5.91 Å². The molecule has 0 bridgehead atoms. The number of nitrogens with zero attached hydrogens (tertiary/aromatic N) is 1. The van der Waals surface area contributed by atoms with Crippen molar-refractivity contribution in [1.29, 1.82) is 0 Å². The topological polar surface area (TPSA) is 54.1 Å². The van der Waals surface area contributed by atoms with Crippen molar-refractivity contribution in [2.75, 3.05) is 33.4 Å². The molecule has 1 saturated carbocycles. The molecule has 0 aromatic carbocycles. The van der Waals surface area contributed by atoms with Gasteiger partial charge in [0.05, 0.1) is 24.9 Å². The van der Waals surface area contributed by atoms with E-state index in [1.54, 1.807) is 0 Å². The first-order chi connectivity index (χ1) is 13.4. The number of rotatable bonds is 8. The molecule has 1 aliphatic carbocycles. The van der Waals surface area contributed by atoms with E-state index >= 15 is 0 Å². The molecule has 4 atom stereocenters. The van der Waals surface area contributed by atoms with Gasteiger partial charge in [-0.15, -0.1) is 0 Å². The van der Waals surface area contributed by atoms with Crippen molar-refractivity contribution in [3.63, 3.8) is 0 Å². The minimum absolute atomic E-state index is 0.00867. The van der Waals surface area contributed by atoms with E-state index in [9.17, 15) is 4.79 Å². The Labute approximate surface area is 170 Å². The van der Waals surface area contributed by atoms with Crippen LogP contribution in [0.3, 0.4) is 0 Å². The molecule has 2 saturated heterocycles. The van der Waals surface area contributed by atoms with Crippen LogP contribution >= 0.6 is 0 Å². The maximum Gasteiger partial charge on any atom is 0.243 e. The third kappa shape index (κ3) is 5.68. The molecular formula is C23H38N2O3. The lowest BCUT2D eigenvalue weighted by Gasteiger charge is -2.34. The molecule has 28 heavy (non-hydrogen) atoms. The summed E-state index contributed by atoms with van der Waals surface area (Å²) in [6.07, 6.45) is 10.5. The van der Waals surface area contributed by atoms with Gasteiger partial charge in [-0.05, 0) is 72.9 Å². The lowest BCUT2D eigenvalue weighted by Crippen LogP contribution is -2.38. The molecule has 158 valence electrons. The zero-order valence-electron chi connectivity index (χ0n) is 18.1. The number of nitrogens with one attached hydrogen (secondary N) is 1. The van der Waals surface area contributed by atoms with Gasteiger partial charge in [-0.25, -0.2) is 0 Å². The molecule has 1 N–H and O–H groups in total. The molecule has 2 aliphatic heterocycles. The number of carbonyl (C=O) groups excluding carboxylic acids is 1. The van der Waals surface area contributed by atoms with Gasteiger partial charge >= 0.3 is 0 Å². The molecule has 3 aliphatic rings. The molecular weight excluding hydrogens is 352 g/mol. The highest BCUT2D eigenvalue weighted by molar-refractivity contribution is 5.88. The highest BCUT2D eigenvalue weighted by Crippen LogP contribution is 2.49. The van der Waals surface area contributed by atoms with Crippen LogP contribution in [-0.2, 0) is 14.3 Å². The van der Waals surface area contributed by atoms with Crippen LogP contribution in [0.4, 0.5) is 0 Å². The van der Waals surface area contributed by atoms with Crippen LogP contribution < -0.4 is 5.32 Å². The first kappa shape index (κ1) is 21.5. The quantitative estimate of drug-likeness (QED) is 0.392. The fourth-order valence-corrected chi connectivity index (χ4v) is 4.73. The lowest BCUT2D eigenvalue weighted by atomic mass is 9.74. The van der Waals surface area contributed by atoms with Crippen molar-refractivity contribution in [2.45, 2.75) is 77.0 Å². The second-order valence-electron chi connectivity index (χ2n) is 9.14. The summed E-state index contributed by atoms with van der Waals surface area (Å²) in [7, 11) is 2.18. The Hall–Kier alpha value is -1.17. The van der Waals surface area contributed by atoms with E-state index in [0.29, 0.717) is 18.6 Å². The zero-order chi connectivity index (χ0) is 20.1. The molecule has 5 heteroatoms. The van der Waals surface area contributed by atoms with Crippen LogP contribution in [0.25, 0.3) is 0 Å². The van der Waals surface area contributed by atoms with Crippen LogP contribution in [0, 0.1) is 5.92 Å². The van der Waals surface area contributed by atoms with Crippen molar-refractivity contribution in [3.8, 4) is 0 Å². The van der Waals surface area contributed by atoms with Gasteiger partial charge in [-0.2, -0.15) is 0 Å². The van der Waals surface area contributed by atoms with Gasteiger partial charge in [0, 0.05) is 24.6 Å². The molecule has 0 aromatic heterocycles. The highest BCUT2D eigenvalue weighted by Gasteiger charge is 2.55.